The van der Waals surface area contributed by atoms with Crippen molar-refractivity contribution in [3.8, 4) is 11.5 Å². The molecule has 1 unspecified atom stereocenters. The molecule has 23 heavy (non-hydrogen) atoms. The molecule has 122 valence electrons. The van der Waals surface area contributed by atoms with Gasteiger partial charge in [0, 0.05) is 11.6 Å². The van der Waals surface area contributed by atoms with Crippen molar-refractivity contribution in [1.29, 1.82) is 0 Å². The number of aromatic nitrogens is 2. The molecule has 1 aliphatic rings. The normalized spacial score (nSPS) is 19.0. The molecular formula is C15H15Cl2N3O3. The zero-order valence-electron chi connectivity index (χ0n) is 12.2. The predicted octanol–water partition coefficient (Wildman–Crippen LogP) is 3.34. The standard InChI is InChI=1S/C15H15Cl2N3O3/c16-10-3-4-11(12(17)6-10)14-19-18-13(23-14)8-20-5-1-2-9(7-20)15(21)22/h3-4,6,9H,1-2,5,7-8H2,(H,21,22). The van der Waals surface area contributed by atoms with Crippen LogP contribution in [0, 0.1) is 5.92 Å². The second-order valence-electron chi connectivity index (χ2n) is 5.54. The van der Waals surface area contributed by atoms with E-state index in [1.807, 2.05) is 4.90 Å². The van der Waals surface area contributed by atoms with Gasteiger partial charge >= 0.3 is 5.97 Å². The summed E-state index contributed by atoms with van der Waals surface area (Å²) in [5, 5.41) is 18.1. The van der Waals surface area contributed by atoms with Gasteiger partial charge in [-0.05, 0) is 37.6 Å². The number of hydrogen-bond donors (Lipinski definition) is 1. The van der Waals surface area contributed by atoms with Gasteiger partial charge < -0.3 is 9.52 Å². The topological polar surface area (TPSA) is 79.5 Å². The molecule has 0 amide bonds. The summed E-state index contributed by atoms with van der Waals surface area (Å²) < 4.78 is 5.65. The van der Waals surface area contributed by atoms with E-state index in [4.69, 9.17) is 32.7 Å². The predicted molar refractivity (Wildman–Crippen MR) is 85.4 cm³/mol. The Bertz CT molecular complexity index is 720. The van der Waals surface area contributed by atoms with Gasteiger partial charge in [-0.1, -0.05) is 23.2 Å². The highest BCUT2D eigenvalue weighted by Crippen LogP contribution is 2.29. The first-order valence-corrected chi connectivity index (χ1v) is 8.01. The maximum absolute atomic E-state index is 11.1. The fourth-order valence-electron chi connectivity index (χ4n) is 2.68. The maximum atomic E-state index is 11.1. The first-order valence-electron chi connectivity index (χ1n) is 7.26. The Morgan fingerprint density at radius 2 is 2.22 bits per heavy atom. The Kier molecular flexibility index (Phi) is 4.84. The van der Waals surface area contributed by atoms with E-state index in [0.717, 1.165) is 13.0 Å². The molecule has 1 aliphatic heterocycles. The first-order chi connectivity index (χ1) is 11.0. The zero-order chi connectivity index (χ0) is 16.4. The fraction of sp³-hybridized carbons (Fsp3) is 0.400. The first kappa shape index (κ1) is 16.2. The van der Waals surface area contributed by atoms with Crippen molar-refractivity contribution in [2.75, 3.05) is 13.1 Å². The molecule has 6 nitrogen and oxygen atoms in total. The molecule has 0 bridgehead atoms. The van der Waals surface area contributed by atoms with Gasteiger partial charge in [-0.3, -0.25) is 9.69 Å². The van der Waals surface area contributed by atoms with Gasteiger partial charge in [-0.2, -0.15) is 0 Å². The number of halogens is 2. The summed E-state index contributed by atoms with van der Waals surface area (Å²) in [4.78, 5) is 13.1. The average Bonchev–Trinajstić information content (AvgIpc) is 2.95. The summed E-state index contributed by atoms with van der Waals surface area (Å²) in [5.74, 6) is -0.323. The molecular weight excluding hydrogens is 341 g/mol. The molecule has 0 radical (unpaired) electrons. The van der Waals surface area contributed by atoms with E-state index in [9.17, 15) is 4.79 Å². The third-order valence-corrected chi connectivity index (χ3v) is 4.39. The molecule has 0 saturated carbocycles. The second kappa shape index (κ2) is 6.86. The highest BCUT2D eigenvalue weighted by molar-refractivity contribution is 6.36. The van der Waals surface area contributed by atoms with Crippen molar-refractivity contribution >= 4 is 29.2 Å². The van der Waals surface area contributed by atoms with Crippen molar-refractivity contribution in [2.45, 2.75) is 19.4 Å². The Morgan fingerprint density at radius 3 is 2.96 bits per heavy atom. The van der Waals surface area contributed by atoms with Crippen LogP contribution < -0.4 is 0 Å². The zero-order valence-corrected chi connectivity index (χ0v) is 13.7. The SMILES string of the molecule is O=C(O)C1CCCN(Cc2nnc(-c3ccc(Cl)cc3Cl)o2)C1. The van der Waals surface area contributed by atoms with Crippen LogP contribution in [0.1, 0.15) is 18.7 Å². The van der Waals surface area contributed by atoms with Crippen LogP contribution in [0.4, 0.5) is 0 Å². The van der Waals surface area contributed by atoms with E-state index >= 15 is 0 Å². The lowest BCUT2D eigenvalue weighted by Crippen LogP contribution is -2.38. The molecule has 1 N–H and O–H groups in total. The van der Waals surface area contributed by atoms with E-state index in [1.165, 1.54) is 0 Å². The number of carboxylic acids is 1. The quantitative estimate of drug-likeness (QED) is 0.905. The molecule has 1 fully saturated rings. The van der Waals surface area contributed by atoms with Gasteiger partial charge in [0.2, 0.25) is 11.8 Å². The van der Waals surface area contributed by atoms with Gasteiger partial charge in [0.15, 0.2) is 0 Å². The van der Waals surface area contributed by atoms with Crippen LogP contribution >= 0.6 is 23.2 Å². The summed E-state index contributed by atoms with van der Waals surface area (Å²) in [5.41, 5.74) is 0.622. The molecule has 2 heterocycles. The number of rotatable bonds is 4. The number of carbonyl (C=O) groups is 1. The number of likely N-dealkylation sites (tertiary alicyclic amines) is 1. The Morgan fingerprint density at radius 1 is 1.39 bits per heavy atom. The molecule has 1 saturated heterocycles. The van der Waals surface area contributed by atoms with Crippen molar-refractivity contribution in [2.24, 2.45) is 5.92 Å². The largest absolute Gasteiger partial charge is 0.481 e. The number of aliphatic carboxylic acids is 1. The van der Waals surface area contributed by atoms with Crippen LogP contribution in [0.15, 0.2) is 22.6 Å². The molecule has 1 aromatic carbocycles. The van der Waals surface area contributed by atoms with Crippen LogP contribution in [-0.2, 0) is 11.3 Å². The molecule has 1 atom stereocenters. The molecule has 3 rings (SSSR count). The highest BCUT2D eigenvalue weighted by Gasteiger charge is 2.26. The van der Waals surface area contributed by atoms with Crippen LogP contribution in [0.5, 0.6) is 0 Å². The molecule has 0 aliphatic carbocycles. The molecule has 2 aromatic rings. The third kappa shape index (κ3) is 3.83. The smallest absolute Gasteiger partial charge is 0.307 e. The monoisotopic (exact) mass is 355 g/mol. The van der Waals surface area contributed by atoms with E-state index in [0.29, 0.717) is 46.9 Å². The minimum atomic E-state index is -0.756. The van der Waals surface area contributed by atoms with Gasteiger partial charge in [0.1, 0.15) is 0 Å². The fourth-order valence-corrected chi connectivity index (χ4v) is 3.17. The van der Waals surface area contributed by atoms with E-state index in [-0.39, 0.29) is 5.92 Å². The van der Waals surface area contributed by atoms with E-state index in [2.05, 4.69) is 10.2 Å². The molecule has 1 aromatic heterocycles. The minimum absolute atomic E-state index is 0.327. The Labute approximate surface area is 143 Å². The van der Waals surface area contributed by atoms with E-state index in [1.54, 1.807) is 18.2 Å². The van der Waals surface area contributed by atoms with Crippen LogP contribution in [-0.4, -0.2) is 39.3 Å². The van der Waals surface area contributed by atoms with Crippen LogP contribution in [0.3, 0.4) is 0 Å². The van der Waals surface area contributed by atoms with Crippen molar-refractivity contribution in [3.05, 3.63) is 34.1 Å². The highest BCUT2D eigenvalue weighted by atomic mass is 35.5. The van der Waals surface area contributed by atoms with Crippen molar-refractivity contribution in [1.82, 2.24) is 15.1 Å². The van der Waals surface area contributed by atoms with Gasteiger partial charge in [0.25, 0.3) is 0 Å². The third-order valence-electron chi connectivity index (χ3n) is 3.84. The average molecular weight is 356 g/mol. The van der Waals surface area contributed by atoms with Gasteiger partial charge in [0.05, 0.1) is 23.0 Å². The minimum Gasteiger partial charge on any atom is -0.481 e. The number of carboxylic acid groups (broad SMARTS) is 1. The number of benzene rings is 1. The maximum Gasteiger partial charge on any atom is 0.307 e. The molecule has 0 spiro atoms. The summed E-state index contributed by atoms with van der Waals surface area (Å²) in [6.45, 7) is 1.75. The Hall–Kier alpha value is -1.63. The molecule has 8 heteroatoms. The van der Waals surface area contributed by atoms with Crippen LogP contribution in [0.25, 0.3) is 11.5 Å². The number of nitrogens with zero attached hydrogens (tertiary/aromatic N) is 3. The van der Waals surface area contributed by atoms with Crippen molar-refractivity contribution in [3.63, 3.8) is 0 Å². The summed E-state index contributed by atoms with van der Waals surface area (Å²) >= 11 is 12.0. The number of hydrogen-bond acceptors (Lipinski definition) is 5. The lowest BCUT2D eigenvalue weighted by molar-refractivity contribution is -0.143. The summed E-state index contributed by atoms with van der Waals surface area (Å²) in [6, 6.07) is 5.04. The van der Waals surface area contributed by atoms with Crippen LogP contribution in [0.2, 0.25) is 10.0 Å². The van der Waals surface area contributed by atoms with Gasteiger partial charge in [-0.15, -0.1) is 10.2 Å². The lowest BCUT2D eigenvalue weighted by atomic mass is 9.98. The second-order valence-corrected chi connectivity index (χ2v) is 6.38. The van der Waals surface area contributed by atoms with Gasteiger partial charge in [-0.25, -0.2) is 0 Å². The summed E-state index contributed by atoms with van der Waals surface area (Å²) in [6.07, 6.45) is 1.56. The number of piperidine rings is 1. The van der Waals surface area contributed by atoms with Crippen molar-refractivity contribution < 1.29 is 14.3 Å². The Balaban J connectivity index is 1.71. The lowest BCUT2D eigenvalue weighted by Gasteiger charge is -2.29. The van der Waals surface area contributed by atoms with E-state index < -0.39 is 5.97 Å². The summed E-state index contributed by atoms with van der Waals surface area (Å²) in [7, 11) is 0.